The first-order chi connectivity index (χ1) is 8.86. The number of benzene rings is 1. The summed E-state index contributed by atoms with van der Waals surface area (Å²) in [6.45, 7) is 3.46. The monoisotopic (exact) mass is 249 g/mol. The van der Waals surface area contributed by atoms with Crippen molar-refractivity contribution >= 4 is 0 Å². The Labute approximate surface area is 111 Å². The molecule has 0 unspecified atom stereocenters. The molecule has 0 heterocycles. The highest BCUT2D eigenvalue weighted by molar-refractivity contribution is 5.15. The summed E-state index contributed by atoms with van der Waals surface area (Å²) in [5.41, 5.74) is 1.29. The van der Waals surface area contributed by atoms with Crippen molar-refractivity contribution in [3.8, 4) is 0 Å². The fourth-order valence-electron chi connectivity index (χ4n) is 2.13. The van der Waals surface area contributed by atoms with E-state index in [2.05, 4.69) is 36.5 Å². The van der Waals surface area contributed by atoms with Crippen LogP contribution in [0.3, 0.4) is 0 Å². The maximum atomic E-state index is 9.37. The lowest BCUT2D eigenvalue weighted by molar-refractivity contribution is 0.241. The van der Waals surface area contributed by atoms with Crippen LogP contribution in [-0.2, 0) is 6.42 Å². The highest BCUT2D eigenvalue weighted by Gasteiger charge is 2.06. The van der Waals surface area contributed by atoms with Gasteiger partial charge in [0, 0.05) is 6.04 Å². The van der Waals surface area contributed by atoms with Gasteiger partial charge in [0.1, 0.15) is 0 Å². The molecular weight excluding hydrogens is 222 g/mol. The lowest BCUT2D eigenvalue weighted by Crippen LogP contribution is -2.35. The summed E-state index contributed by atoms with van der Waals surface area (Å²) in [7, 11) is 0. The normalized spacial score (nSPS) is 12.6. The molecule has 0 aliphatic heterocycles. The molecule has 2 heteroatoms. The van der Waals surface area contributed by atoms with Gasteiger partial charge in [-0.1, -0.05) is 62.9 Å². The van der Waals surface area contributed by atoms with Crippen molar-refractivity contribution in [2.75, 3.05) is 13.2 Å². The van der Waals surface area contributed by atoms with Crippen LogP contribution in [0.5, 0.6) is 0 Å². The largest absolute Gasteiger partial charge is 0.395 e. The Morgan fingerprint density at radius 2 is 1.78 bits per heavy atom. The highest BCUT2D eigenvalue weighted by Crippen LogP contribution is 2.04. The van der Waals surface area contributed by atoms with Crippen LogP contribution in [0.1, 0.15) is 44.6 Å². The maximum Gasteiger partial charge on any atom is 0.0587 e. The molecule has 0 bridgehead atoms. The van der Waals surface area contributed by atoms with Gasteiger partial charge in [0.2, 0.25) is 0 Å². The van der Waals surface area contributed by atoms with Gasteiger partial charge in [-0.3, -0.25) is 0 Å². The Hall–Kier alpha value is -0.860. The average Bonchev–Trinajstić information content (AvgIpc) is 2.42. The van der Waals surface area contributed by atoms with E-state index in [0.29, 0.717) is 0 Å². The van der Waals surface area contributed by atoms with Crippen molar-refractivity contribution < 1.29 is 5.11 Å². The molecule has 1 atom stereocenters. The quantitative estimate of drug-likeness (QED) is 0.624. The molecule has 1 aromatic rings. The smallest absolute Gasteiger partial charge is 0.0587 e. The van der Waals surface area contributed by atoms with E-state index < -0.39 is 0 Å². The van der Waals surface area contributed by atoms with Crippen molar-refractivity contribution in [3.05, 3.63) is 35.9 Å². The minimum absolute atomic E-state index is 0.193. The number of hydrogen-bond donors (Lipinski definition) is 2. The van der Waals surface area contributed by atoms with Crippen LogP contribution in [0.2, 0.25) is 0 Å². The van der Waals surface area contributed by atoms with Crippen LogP contribution < -0.4 is 5.32 Å². The summed E-state index contributed by atoms with van der Waals surface area (Å²) in [5, 5.41) is 12.8. The van der Waals surface area contributed by atoms with Crippen LogP contribution in [0.4, 0.5) is 0 Å². The third-order valence-corrected chi connectivity index (χ3v) is 3.26. The Balaban J connectivity index is 2.14. The minimum Gasteiger partial charge on any atom is -0.395 e. The molecule has 0 saturated carbocycles. The van der Waals surface area contributed by atoms with E-state index in [1.807, 2.05) is 6.07 Å². The zero-order chi connectivity index (χ0) is 13.1. The van der Waals surface area contributed by atoms with Gasteiger partial charge in [0.15, 0.2) is 0 Å². The van der Waals surface area contributed by atoms with Gasteiger partial charge in [-0.15, -0.1) is 0 Å². The third kappa shape index (κ3) is 6.77. The van der Waals surface area contributed by atoms with E-state index in [-0.39, 0.29) is 12.6 Å². The van der Waals surface area contributed by atoms with Crippen LogP contribution in [0, 0.1) is 0 Å². The molecule has 0 aliphatic carbocycles. The number of aliphatic hydroxyl groups excluding tert-OH is 1. The highest BCUT2D eigenvalue weighted by atomic mass is 16.3. The molecule has 2 nitrogen and oxygen atoms in total. The Morgan fingerprint density at radius 3 is 2.44 bits per heavy atom. The number of hydrogen-bond acceptors (Lipinski definition) is 2. The van der Waals surface area contributed by atoms with Crippen molar-refractivity contribution in [2.24, 2.45) is 0 Å². The topological polar surface area (TPSA) is 32.3 Å². The first-order valence-corrected chi connectivity index (χ1v) is 7.25. The SMILES string of the molecule is CCCCCCCN[C@@H](CO)Cc1ccccc1. The predicted octanol–water partition coefficient (Wildman–Crippen LogP) is 3.15. The van der Waals surface area contributed by atoms with Gasteiger partial charge in [-0.2, -0.15) is 0 Å². The van der Waals surface area contributed by atoms with Gasteiger partial charge in [-0.05, 0) is 24.9 Å². The van der Waals surface area contributed by atoms with E-state index >= 15 is 0 Å². The first-order valence-electron chi connectivity index (χ1n) is 7.25. The molecule has 2 N–H and O–H groups in total. The number of nitrogens with one attached hydrogen (secondary N) is 1. The van der Waals surface area contributed by atoms with E-state index in [1.165, 1.54) is 37.7 Å². The van der Waals surface area contributed by atoms with Crippen molar-refractivity contribution in [2.45, 2.75) is 51.5 Å². The summed E-state index contributed by atoms with van der Waals surface area (Å²) in [5.74, 6) is 0. The third-order valence-electron chi connectivity index (χ3n) is 3.26. The molecule has 0 spiro atoms. The second kappa shape index (κ2) is 10.1. The standard InChI is InChI=1S/C16H27NO/c1-2-3-4-5-9-12-17-16(14-18)13-15-10-7-6-8-11-15/h6-8,10-11,16-18H,2-5,9,12-14H2,1H3/t16-/m1/s1. The van der Waals surface area contributed by atoms with Crippen LogP contribution in [0.15, 0.2) is 30.3 Å². The Morgan fingerprint density at radius 1 is 1.06 bits per heavy atom. The number of aliphatic hydroxyl groups is 1. The van der Waals surface area contributed by atoms with Crippen LogP contribution in [-0.4, -0.2) is 24.3 Å². The van der Waals surface area contributed by atoms with Gasteiger partial charge >= 0.3 is 0 Å². The zero-order valence-corrected chi connectivity index (χ0v) is 11.6. The lowest BCUT2D eigenvalue weighted by atomic mass is 10.1. The molecule has 102 valence electrons. The summed E-state index contributed by atoms with van der Waals surface area (Å²) in [4.78, 5) is 0. The molecule has 0 aliphatic rings. The second-order valence-electron chi connectivity index (χ2n) is 4.94. The molecule has 0 amide bonds. The van der Waals surface area contributed by atoms with Crippen LogP contribution in [0.25, 0.3) is 0 Å². The van der Waals surface area contributed by atoms with E-state index in [4.69, 9.17) is 0 Å². The molecule has 0 aromatic heterocycles. The summed E-state index contributed by atoms with van der Waals surface area (Å²) in [6, 6.07) is 10.6. The van der Waals surface area contributed by atoms with Crippen molar-refractivity contribution in [1.29, 1.82) is 0 Å². The Bertz CT molecular complexity index is 286. The summed E-state index contributed by atoms with van der Waals surface area (Å²) < 4.78 is 0. The fourth-order valence-corrected chi connectivity index (χ4v) is 2.13. The molecule has 0 saturated heterocycles. The fraction of sp³-hybridized carbons (Fsp3) is 0.625. The molecule has 0 fully saturated rings. The molecule has 1 aromatic carbocycles. The predicted molar refractivity (Wildman–Crippen MR) is 77.8 cm³/mol. The van der Waals surface area contributed by atoms with Gasteiger partial charge < -0.3 is 10.4 Å². The Kier molecular flexibility index (Phi) is 8.53. The van der Waals surface area contributed by atoms with Gasteiger partial charge in [-0.25, -0.2) is 0 Å². The number of unbranched alkanes of at least 4 members (excludes halogenated alkanes) is 4. The van der Waals surface area contributed by atoms with E-state index in [0.717, 1.165) is 13.0 Å². The van der Waals surface area contributed by atoms with Crippen molar-refractivity contribution in [1.82, 2.24) is 5.32 Å². The second-order valence-corrected chi connectivity index (χ2v) is 4.94. The molecular formula is C16H27NO. The first kappa shape index (κ1) is 15.2. The molecule has 18 heavy (non-hydrogen) atoms. The van der Waals surface area contributed by atoms with E-state index in [9.17, 15) is 5.11 Å². The molecule has 0 radical (unpaired) electrons. The van der Waals surface area contributed by atoms with E-state index in [1.54, 1.807) is 0 Å². The van der Waals surface area contributed by atoms with Gasteiger partial charge in [0.25, 0.3) is 0 Å². The zero-order valence-electron chi connectivity index (χ0n) is 11.6. The van der Waals surface area contributed by atoms with Gasteiger partial charge in [0.05, 0.1) is 6.61 Å². The molecule has 1 rings (SSSR count). The summed E-state index contributed by atoms with van der Waals surface area (Å²) >= 11 is 0. The summed E-state index contributed by atoms with van der Waals surface area (Å²) in [6.07, 6.45) is 7.39. The maximum absolute atomic E-state index is 9.37. The lowest BCUT2D eigenvalue weighted by Gasteiger charge is -2.16. The minimum atomic E-state index is 0.193. The van der Waals surface area contributed by atoms with Crippen LogP contribution >= 0.6 is 0 Å². The number of rotatable bonds is 10. The van der Waals surface area contributed by atoms with Crippen molar-refractivity contribution in [3.63, 3.8) is 0 Å². The average molecular weight is 249 g/mol.